The van der Waals surface area contributed by atoms with Gasteiger partial charge in [-0.1, -0.05) is 43.2 Å². The third-order valence-electron chi connectivity index (χ3n) is 7.95. The van der Waals surface area contributed by atoms with E-state index in [1.54, 1.807) is 0 Å². The number of allylic oxidation sites excluding steroid dienone is 1. The number of para-hydroxylation sites is 1. The molecule has 2 amide bonds. The maximum atomic E-state index is 13.5. The summed E-state index contributed by atoms with van der Waals surface area (Å²) in [5.41, 5.74) is 0.242. The Labute approximate surface area is 164 Å². The number of carbonyl (C=O) groups is 2. The number of amides is 2. The zero-order chi connectivity index (χ0) is 19.1. The van der Waals surface area contributed by atoms with E-state index in [0.717, 1.165) is 31.6 Å². The molecule has 7 rings (SSSR count). The summed E-state index contributed by atoms with van der Waals surface area (Å²) in [5.74, 6) is 0.168. The van der Waals surface area contributed by atoms with Crippen molar-refractivity contribution in [1.29, 1.82) is 0 Å². The van der Waals surface area contributed by atoms with E-state index in [1.165, 1.54) is 4.90 Å². The first kappa shape index (κ1) is 16.5. The molecule has 144 valence electrons. The van der Waals surface area contributed by atoms with Crippen LogP contribution in [0.15, 0.2) is 47.5 Å². The highest BCUT2D eigenvalue weighted by atomic mass is 16.5. The van der Waals surface area contributed by atoms with Crippen molar-refractivity contribution in [2.75, 3.05) is 11.5 Å². The fourth-order valence-electron chi connectivity index (χ4n) is 7.05. The molecule has 2 saturated carbocycles. The molecule has 1 aromatic rings. The number of rotatable bonds is 2. The molecule has 0 N–H and O–H groups in total. The molecule has 4 aliphatic carbocycles. The van der Waals surface area contributed by atoms with Crippen molar-refractivity contribution in [2.24, 2.45) is 34.1 Å². The molecule has 1 saturated heterocycles. The molecule has 0 radical (unpaired) electrons. The van der Waals surface area contributed by atoms with Crippen LogP contribution in [0.2, 0.25) is 0 Å². The van der Waals surface area contributed by atoms with Crippen LogP contribution in [0.5, 0.6) is 0 Å². The zero-order valence-corrected chi connectivity index (χ0v) is 16.0. The second kappa shape index (κ2) is 5.34. The molecule has 5 heteroatoms. The number of nitrogens with zero attached hydrogens (tertiary/aromatic N) is 2. The molecule has 28 heavy (non-hydrogen) atoms. The van der Waals surface area contributed by atoms with Crippen LogP contribution in [-0.2, 0) is 14.3 Å². The Morgan fingerprint density at radius 3 is 2.46 bits per heavy atom. The minimum atomic E-state index is -0.292. The lowest BCUT2D eigenvalue weighted by atomic mass is 9.37. The number of carbonyl (C=O) groups excluding carboxylic acids is 2. The van der Waals surface area contributed by atoms with Crippen LogP contribution in [-0.4, -0.2) is 29.9 Å². The number of benzene rings is 1. The Kier molecular flexibility index (Phi) is 3.15. The van der Waals surface area contributed by atoms with Crippen molar-refractivity contribution in [3.05, 3.63) is 42.5 Å². The second-order valence-corrected chi connectivity index (χ2v) is 8.79. The van der Waals surface area contributed by atoms with Gasteiger partial charge in [-0.3, -0.25) is 14.5 Å². The molecule has 1 aromatic carbocycles. The van der Waals surface area contributed by atoms with Gasteiger partial charge < -0.3 is 4.74 Å². The van der Waals surface area contributed by atoms with Gasteiger partial charge in [0.2, 0.25) is 11.8 Å². The van der Waals surface area contributed by atoms with Gasteiger partial charge in [-0.25, -0.2) is 4.99 Å². The van der Waals surface area contributed by atoms with E-state index in [9.17, 15) is 9.59 Å². The Hall–Kier alpha value is -2.43. The number of hydrogen-bond donors (Lipinski definition) is 0. The highest BCUT2D eigenvalue weighted by molar-refractivity contribution is 6.23. The van der Waals surface area contributed by atoms with Crippen molar-refractivity contribution in [3.63, 3.8) is 0 Å². The molecule has 5 nitrogen and oxygen atoms in total. The SMILES string of the molecule is CCOC1=N[C@@]23CCCC[C@@]12[C@@H]1C=C[C@@H]3[C@H]2C(=O)N(c3ccccc3)C(=O)[C@@H]21. The van der Waals surface area contributed by atoms with Gasteiger partial charge in [-0.15, -0.1) is 0 Å². The summed E-state index contributed by atoms with van der Waals surface area (Å²) in [7, 11) is 0. The molecule has 2 heterocycles. The van der Waals surface area contributed by atoms with Gasteiger partial charge in [0.15, 0.2) is 5.90 Å². The highest BCUT2D eigenvalue weighted by Crippen LogP contribution is 2.72. The highest BCUT2D eigenvalue weighted by Gasteiger charge is 2.79. The van der Waals surface area contributed by atoms with Crippen molar-refractivity contribution < 1.29 is 14.3 Å². The van der Waals surface area contributed by atoms with E-state index in [0.29, 0.717) is 12.3 Å². The standard InChI is InChI=1S/C23H24N2O3/c1-2-28-21-22-12-6-7-13-23(22,24-21)16-11-10-15(22)17-18(16)20(27)25(19(17)26)14-8-4-3-5-9-14/h3-5,8-11,15-18H,2,6-7,12-13H2,1H3/t15-,16-,17-,18-,22-,23-/m1/s1. The molecular formula is C23H24N2O3. The number of aliphatic imine (C=N–C) groups is 1. The summed E-state index contributed by atoms with van der Waals surface area (Å²) in [6.07, 6.45) is 8.67. The van der Waals surface area contributed by atoms with E-state index < -0.39 is 0 Å². The average Bonchev–Trinajstić information content (AvgIpc) is 2.98. The smallest absolute Gasteiger partial charge is 0.238 e. The molecule has 0 aromatic heterocycles. The summed E-state index contributed by atoms with van der Waals surface area (Å²) < 4.78 is 5.98. The lowest BCUT2D eigenvalue weighted by Crippen LogP contribution is -2.75. The van der Waals surface area contributed by atoms with E-state index in [2.05, 4.69) is 12.2 Å². The molecule has 0 unspecified atom stereocenters. The van der Waals surface area contributed by atoms with Crippen LogP contribution < -0.4 is 4.90 Å². The van der Waals surface area contributed by atoms with E-state index >= 15 is 0 Å². The Balaban J connectivity index is 1.49. The lowest BCUT2D eigenvalue weighted by Gasteiger charge is -2.69. The van der Waals surface area contributed by atoms with Crippen LogP contribution in [0.3, 0.4) is 0 Å². The molecule has 6 aliphatic rings. The van der Waals surface area contributed by atoms with Gasteiger partial charge in [-0.2, -0.15) is 0 Å². The summed E-state index contributed by atoms with van der Waals surface area (Å²) in [6, 6.07) is 9.36. The maximum Gasteiger partial charge on any atom is 0.238 e. The van der Waals surface area contributed by atoms with Crippen LogP contribution in [0.4, 0.5) is 5.69 Å². The van der Waals surface area contributed by atoms with Gasteiger partial charge in [0.05, 0.1) is 35.1 Å². The molecule has 2 aliphatic heterocycles. The Bertz CT molecular complexity index is 938. The summed E-state index contributed by atoms with van der Waals surface area (Å²) >= 11 is 0. The Morgan fingerprint density at radius 2 is 1.71 bits per heavy atom. The molecule has 6 atom stereocenters. The van der Waals surface area contributed by atoms with Crippen molar-refractivity contribution in [1.82, 2.24) is 0 Å². The van der Waals surface area contributed by atoms with E-state index in [-0.39, 0.29) is 46.4 Å². The third-order valence-corrected chi connectivity index (χ3v) is 7.95. The molecule has 0 spiro atoms. The predicted molar refractivity (Wildman–Crippen MR) is 105 cm³/mol. The van der Waals surface area contributed by atoms with Gasteiger partial charge in [0.25, 0.3) is 0 Å². The normalized spacial score (nSPS) is 42.5. The Morgan fingerprint density at radius 1 is 1.04 bits per heavy atom. The largest absolute Gasteiger partial charge is 0.481 e. The number of hydrogen-bond acceptors (Lipinski definition) is 4. The van der Waals surface area contributed by atoms with Crippen molar-refractivity contribution >= 4 is 23.4 Å². The summed E-state index contributed by atoms with van der Waals surface area (Å²) in [4.78, 5) is 33.5. The number of anilines is 1. The molecule has 2 bridgehead atoms. The topological polar surface area (TPSA) is 59.0 Å². The van der Waals surface area contributed by atoms with Gasteiger partial charge in [0, 0.05) is 11.8 Å². The van der Waals surface area contributed by atoms with Gasteiger partial charge >= 0.3 is 0 Å². The molecule has 3 fully saturated rings. The fraction of sp³-hybridized carbons (Fsp3) is 0.522. The first-order valence-corrected chi connectivity index (χ1v) is 10.5. The minimum absolute atomic E-state index is 0.00262. The van der Waals surface area contributed by atoms with Crippen LogP contribution in [0.25, 0.3) is 0 Å². The lowest BCUT2D eigenvalue weighted by molar-refractivity contribution is -0.144. The van der Waals surface area contributed by atoms with Crippen molar-refractivity contribution in [2.45, 2.75) is 38.1 Å². The number of ether oxygens (including phenoxy) is 1. The summed E-state index contributed by atoms with van der Waals surface area (Å²) in [5, 5.41) is 0. The zero-order valence-electron chi connectivity index (χ0n) is 16.0. The summed E-state index contributed by atoms with van der Waals surface area (Å²) in [6.45, 7) is 2.58. The third kappa shape index (κ3) is 1.60. The van der Waals surface area contributed by atoms with Gasteiger partial charge in [0.1, 0.15) is 0 Å². The van der Waals surface area contributed by atoms with Crippen LogP contribution in [0, 0.1) is 29.1 Å². The average molecular weight is 376 g/mol. The second-order valence-electron chi connectivity index (χ2n) is 8.79. The van der Waals surface area contributed by atoms with Crippen molar-refractivity contribution in [3.8, 4) is 0 Å². The van der Waals surface area contributed by atoms with E-state index in [1.807, 2.05) is 37.3 Å². The van der Waals surface area contributed by atoms with Gasteiger partial charge in [-0.05, 0) is 31.9 Å². The quantitative estimate of drug-likeness (QED) is 0.587. The predicted octanol–water partition coefficient (Wildman–Crippen LogP) is 3.36. The maximum absolute atomic E-state index is 13.5. The molecular weight excluding hydrogens is 352 g/mol. The van der Waals surface area contributed by atoms with Crippen LogP contribution in [0.1, 0.15) is 32.6 Å². The number of imide groups is 1. The first-order valence-electron chi connectivity index (χ1n) is 10.5. The monoisotopic (exact) mass is 376 g/mol. The van der Waals surface area contributed by atoms with Crippen LogP contribution >= 0.6 is 0 Å². The first-order chi connectivity index (χ1) is 13.7. The minimum Gasteiger partial charge on any atom is -0.481 e. The fourth-order valence-corrected chi connectivity index (χ4v) is 7.05. The van der Waals surface area contributed by atoms with E-state index in [4.69, 9.17) is 9.73 Å².